The van der Waals surface area contributed by atoms with Crippen molar-refractivity contribution in [1.82, 2.24) is 14.5 Å². The van der Waals surface area contributed by atoms with Crippen molar-refractivity contribution in [2.75, 3.05) is 0 Å². The van der Waals surface area contributed by atoms with Crippen molar-refractivity contribution < 1.29 is 0 Å². The minimum Gasteiger partial charge on any atom is -0.293 e. The number of rotatable bonds is 2. The lowest BCUT2D eigenvalue weighted by molar-refractivity contribution is 1.08. The Kier molecular flexibility index (Phi) is 3.32. The van der Waals surface area contributed by atoms with Crippen molar-refractivity contribution >= 4 is 21.8 Å². The van der Waals surface area contributed by atoms with Gasteiger partial charge >= 0.3 is 0 Å². The minimum atomic E-state index is 0.915. The van der Waals surface area contributed by atoms with Crippen LogP contribution in [0.25, 0.3) is 38.9 Å². The molecule has 0 saturated heterocycles. The van der Waals surface area contributed by atoms with E-state index in [0.717, 1.165) is 33.7 Å². The molecule has 3 nitrogen and oxygen atoms in total. The van der Waals surface area contributed by atoms with Gasteiger partial charge in [0.1, 0.15) is 5.82 Å². The predicted octanol–water partition coefficient (Wildman–Crippen LogP) is 5.55. The van der Waals surface area contributed by atoms with E-state index in [1.54, 1.807) is 0 Å². The van der Waals surface area contributed by atoms with Crippen LogP contribution in [0, 0.1) is 6.92 Å². The summed E-state index contributed by atoms with van der Waals surface area (Å²) in [5.41, 5.74) is 5.54. The van der Waals surface area contributed by atoms with Crippen molar-refractivity contribution in [3.63, 3.8) is 0 Å². The number of fused-ring (bicyclic) bond motifs is 3. The molecule has 26 heavy (non-hydrogen) atoms. The van der Waals surface area contributed by atoms with Crippen molar-refractivity contribution in [3.05, 3.63) is 90.8 Å². The van der Waals surface area contributed by atoms with Crippen LogP contribution in [0.15, 0.2) is 85.2 Å². The molecule has 0 fully saturated rings. The standard InChI is InChI=1S/C23H17N3/c1-16-12-13-20(25-15-16)19-9-6-8-18-17-7-2-3-10-21(17)26(23(18)19)22-11-4-5-14-24-22/h2-15H,1H3. The third kappa shape index (κ3) is 2.21. The third-order valence-corrected chi connectivity index (χ3v) is 4.76. The van der Waals surface area contributed by atoms with Crippen LogP contribution in [-0.4, -0.2) is 14.5 Å². The highest BCUT2D eigenvalue weighted by atomic mass is 15.1. The second-order valence-corrected chi connectivity index (χ2v) is 6.46. The molecular weight excluding hydrogens is 318 g/mol. The molecule has 0 aliphatic heterocycles. The number of hydrogen-bond donors (Lipinski definition) is 0. The molecule has 0 atom stereocenters. The first kappa shape index (κ1) is 14.8. The van der Waals surface area contributed by atoms with Gasteiger partial charge in [0.2, 0.25) is 0 Å². The first-order chi connectivity index (χ1) is 12.8. The quantitative estimate of drug-likeness (QED) is 0.423. The molecule has 0 saturated carbocycles. The molecule has 124 valence electrons. The zero-order chi connectivity index (χ0) is 17.5. The SMILES string of the molecule is Cc1ccc(-c2cccc3c4ccccc4n(-c4ccccn4)c23)nc1. The van der Waals surface area contributed by atoms with Crippen molar-refractivity contribution in [2.24, 2.45) is 0 Å². The summed E-state index contributed by atoms with van der Waals surface area (Å²) < 4.78 is 2.24. The monoisotopic (exact) mass is 335 g/mol. The molecule has 0 amide bonds. The van der Waals surface area contributed by atoms with Gasteiger partial charge in [0.25, 0.3) is 0 Å². The van der Waals surface area contributed by atoms with Crippen LogP contribution in [0.3, 0.4) is 0 Å². The Hall–Kier alpha value is -3.46. The lowest BCUT2D eigenvalue weighted by Crippen LogP contribution is -1.98. The lowest BCUT2D eigenvalue weighted by atomic mass is 10.1. The predicted molar refractivity (Wildman–Crippen MR) is 107 cm³/mol. The Labute approximate surface area is 151 Å². The molecule has 0 aliphatic carbocycles. The van der Waals surface area contributed by atoms with Gasteiger partial charge in [0, 0.05) is 28.7 Å². The topological polar surface area (TPSA) is 30.7 Å². The van der Waals surface area contributed by atoms with E-state index in [1.165, 1.54) is 10.8 Å². The summed E-state index contributed by atoms with van der Waals surface area (Å²) in [6, 6.07) is 25.1. The highest BCUT2D eigenvalue weighted by Gasteiger charge is 2.16. The van der Waals surface area contributed by atoms with Gasteiger partial charge < -0.3 is 0 Å². The smallest absolute Gasteiger partial charge is 0.137 e. The van der Waals surface area contributed by atoms with Crippen LogP contribution in [0.5, 0.6) is 0 Å². The molecular formula is C23H17N3. The molecule has 0 bridgehead atoms. The molecule has 0 spiro atoms. The van der Waals surface area contributed by atoms with Crippen LogP contribution in [-0.2, 0) is 0 Å². The number of aryl methyl sites for hydroxylation is 1. The van der Waals surface area contributed by atoms with Gasteiger partial charge in [-0.2, -0.15) is 0 Å². The average Bonchev–Trinajstić information content (AvgIpc) is 3.04. The number of para-hydroxylation sites is 2. The maximum absolute atomic E-state index is 4.67. The summed E-state index contributed by atoms with van der Waals surface area (Å²) in [5, 5.41) is 2.44. The number of nitrogens with zero attached hydrogens (tertiary/aromatic N) is 3. The molecule has 3 heterocycles. The first-order valence-electron chi connectivity index (χ1n) is 8.69. The van der Waals surface area contributed by atoms with E-state index in [0.29, 0.717) is 0 Å². The molecule has 0 unspecified atom stereocenters. The Morgan fingerprint density at radius 3 is 2.38 bits per heavy atom. The van der Waals surface area contributed by atoms with Gasteiger partial charge in [-0.25, -0.2) is 4.98 Å². The van der Waals surface area contributed by atoms with Crippen LogP contribution >= 0.6 is 0 Å². The Balaban J connectivity index is 1.96. The fraction of sp³-hybridized carbons (Fsp3) is 0.0435. The molecule has 3 heteroatoms. The van der Waals surface area contributed by atoms with E-state index in [9.17, 15) is 0 Å². The second-order valence-electron chi connectivity index (χ2n) is 6.46. The number of pyridine rings is 2. The van der Waals surface area contributed by atoms with Crippen LogP contribution in [0.1, 0.15) is 5.56 Å². The molecule has 5 aromatic rings. The van der Waals surface area contributed by atoms with E-state index in [2.05, 4.69) is 76.1 Å². The summed E-state index contributed by atoms with van der Waals surface area (Å²) in [6.07, 6.45) is 3.75. The average molecular weight is 335 g/mol. The molecule has 0 N–H and O–H groups in total. The van der Waals surface area contributed by atoms with Gasteiger partial charge in [0.15, 0.2) is 0 Å². The summed E-state index contributed by atoms with van der Waals surface area (Å²) >= 11 is 0. The van der Waals surface area contributed by atoms with E-state index in [-0.39, 0.29) is 0 Å². The van der Waals surface area contributed by atoms with E-state index >= 15 is 0 Å². The van der Waals surface area contributed by atoms with Gasteiger partial charge in [-0.05, 0) is 36.8 Å². The van der Waals surface area contributed by atoms with Crippen LogP contribution in [0.4, 0.5) is 0 Å². The summed E-state index contributed by atoms with van der Waals surface area (Å²) in [4.78, 5) is 9.28. The Bertz CT molecular complexity index is 1220. The van der Waals surface area contributed by atoms with Crippen molar-refractivity contribution in [2.45, 2.75) is 6.92 Å². The molecule has 2 aromatic carbocycles. The van der Waals surface area contributed by atoms with Crippen molar-refractivity contribution in [3.8, 4) is 17.1 Å². The molecule has 5 rings (SSSR count). The maximum Gasteiger partial charge on any atom is 0.137 e. The minimum absolute atomic E-state index is 0.915. The first-order valence-corrected chi connectivity index (χ1v) is 8.69. The van der Waals surface area contributed by atoms with E-state index < -0.39 is 0 Å². The lowest BCUT2D eigenvalue weighted by Gasteiger charge is -2.10. The fourth-order valence-corrected chi connectivity index (χ4v) is 3.58. The number of hydrogen-bond acceptors (Lipinski definition) is 2. The zero-order valence-electron chi connectivity index (χ0n) is 14.4. The van der Waals surface area contributed by atoms with Crippen molar-refractivity contribution in [1.29, 1.82) is 0 Å². The van der Waals surface area contributed by atoms with Gasteiger partial charge in [-0.1, -0.05) is 48.5 Å². The highest BCUT2D eigenvalue weighted by molar-refractivity contribution is 6.13. The molecule has 3 aromatic heterocycles. The van der Waals surface area contributed by atoms with Crippen LogP contribution in [0.2, 0.25) is 0 Å². The fourth-order valence-electron chi connectivity index (χ4n) is 3.58. The van der Waals surface area contributed by atoms with Crippen LogP contribution < -0.4 is 0 Å². The Morgan fingerprint density at radius 1 is 0.731 bits per heavy atom. The van der Waals surface area contributed by atoms with E-state index in [4.69, 9.17) is 0 Å². The summed E-state index contributed by atoms with van der Waals surface area (Å²) in [6.45, 7) is 2.06. The van der Waals surface area contributed by atoms with Gasteiger partial charge in [-0.3, -0.25) is 9.55 Å². The highest BCUT2D eigenvalue weighted by Crippen LogP contribution is 2.36. The largest absolute Gasteiger partial charge is 0.293 e. The third-order valence-electron chi connectivity index (χ3n) is 4.76. The summed E-state index contributed by atoms with van der Waals surface area (Å²) in [7, 11) is 0. The molecule has 0 aliphatic rings. The molecule has 0 radical (unpaired) electrons. The maximum atomic E-state index is 4.67. The van der Waals surface area contributed by atoms with Gasteiger partial charge in [-0.15, -0.1) is 0 Å². The normalized spacial score (nSPS) is 11.3. The summed E-state index contributed by atoms with van der Waals surface area (Å²) in [5.74, 6) is 0.915. The zero-order valence-corrected chi connectivity index (χ0v) is 14.4. The second kappa shape index (κ2) is 5.81. The van der Waals surface area contributed by atoms with E-state index in [1.807, 2.05) is 30.6 Å². The van der Waals surface area contributed by atoms with Gasteiger partial charge in [0.05, 0.1) is 16.7 Å². The number of benzene rings is 2. The number of aromatic nitrogens is 3. The Morgan fingerprint density at radius 2 is 1.58 bits per heavy atom.